The summed E-state index contributed by atoms with van der Waals surface area (Å²) < 4.78 is 22.4. The number of benzene rings is 1. The van der Waals surface area contributed by atoms with Gasteiger partial charge in [-0.05, 0) is 70.7 Å². The average molecular weight is 582 g/mol. The molecule has 4 aromatic rings. The predicted octanol–water partition coefficient (Wildman–Crippen LogP) is 5.59. The van der Waals surface area contributed by atoms with E-state index in [4.69, 9.17) is 9.72 Å². The van der Waals surface area contributed by atoms with Crippen LogP contribution in [0, 0.1) is 5.82 Å². The number of carbonyl (C=O) groups is 1. The quantitative estimate of drug-likeness (QED) is 0.318. The van der Waals surface area contributed by atoms with Crippen LogP contribution in [0.5, 0.6) is 0 Å². The number of ether oxygens (including phenoxy) is 1. The molecule has 3 aliphatic heterocycles. The molecule has 222 valence electrons. The number of anilines is 3. The van der Waals surface area contributed by atoms with Gasteiger partial charge in [0, 0.05) is 47.7 Å². The lowest BCUT2D eigenvalue weighted by Crippen LogP contribution is -2.70. The van der Waals surface area contributed by atoms with Gasteiger partial charge in [0.05, 0.1) is 48.1 Å². The highest BCUT2D eigenvalue weighted by Gasteiger charge is 2.54. The number of fused-ring (bicyclic) bond motifs is 4. The second-order valence-corrected chi connectivity index (χ2v) is 13.3. The van der Waals surface area contributed by atoms with E-state index in [1.165, 1.54) is 12.6 Å². The first-order valence-electron chi connectivity index (χ1n) is 15.3. The molecule has 2 atom stereocenters. The number of pyridine rings is 2. The Morgan fingerprint density at radius 2 is 1.81 bits per heavy atom. The van der Waals surface area contributed by atoms with Gasteiger partial charge in [-0.3, -0.25) is 14.7 Å². The van der Waals surface area contributed by atoms with Crippen LogP contribution in [-0.2, 0) is 14.9 Å². The number of carbonyl (C=O) groups excluding carboxylic acids is 1. The standard InChI is InChI=1S/C33H36FN7O2/c1-18(2)39-17-36-28-13-27(38-31(30(28)39)37-26-7-8-35-14-25(26)34)19-5-6-24-29(9-19)41(32(42)33(24,3)4)21-10-20(11-21)40-22-12-23(40)16-43-15-22/h5-9,13-14,17-18,20-23H,10-12,15-16H2,1-4H3,(H,35,37,38)/t20-,21+,22?,23?. The summed E-state index contributed by atoms with van der Waals surface area (Å²) in [6.07, 6.45) is 7.74. The third-order valence-electron chi connectivity index (χ3n) is 10.00. The number of nitrogens with one attached hydrogen (secondary N) is 1. The molecular weight excluding hydrogens is 545 g/mol. The maximum atomic E-state index is 14.6. The van der Waals surface area contributed by atoms with E-state index >= 15 is 0 Å². The van der Waals surface area contributed by atoms with Crippen LogP contribution < -0.4 is 10.2 Å². The molecular formula is C33H36FN7O2. The number of rotatable bonds is 6. The van der Waals surface area contributed by atoms with E-state index < -0.39 is 11.2 Å². The Morgan fingerprint density at radius 3 is 2.53 bits per heavy atom. The molecule has 1 saturated carbocycles. The van der Waals surface area contributed by atoms with Crippen molar-refractivity contribution in [3.05, 3.63) is 60.4 Å². The lowest BCUT2D eigenvalue weighted by Gasteiger charge is -2.60. The van der Waals surface area contributed by atoms with Gasteiger partial charge in [0.25, 0.3) is 0 Å². The summed E-state index contributed by atoms with van der Waals surface area (Å²) in [7, 11) is 0. The van der Waals surface area contributed by atoms with Gasteiger partial charge in [0.2, 0.25) is 5.91 Å². The molecule has 1 amide bonds. The highest BCUT2D eigenvalue weighted by Crippen LogP contribution is 2.49. The van der Waals surface area contributed by atoms with Crippen molar-refractivity contribution in [1.29, 1.82) is 0 Å². The fraction of sp³-hybridized carbons (Fsp3) is 0.455. The summed E-state index contributed by atoms with van der Waals surface area (Å²) in [6, 6.07) is 11.7. The van der Waals surface area contributed by atoms with Gasteiger partial charge in [0.15, 0.2) is 11.6 Å². The van der Waals surface area contributed by atoms with Crippen molar-refractivity contribution >= 4 is 34.1 Å². The minimum absolute atomic E-state index is 0.136. The zero-order chi connectivity index (χ0) is 29.6. The highest BCUT2D eigenvalue weighted by molar-refractivity contribution is 6.08. The molecule has 0 spiro atoms. The first kappa shape index (κ1) is 26.7. The Balaban J connectivity index is 1.16. The smallest absolute Gasteiger partial charge is 0.237 e. The number of aromatic nitrogens is 4. The van der Waals surface area contributed by atoms with Crippen LogP contribution in [-0.4, -0.2) is 67.7 Å². The fourth-order valence-electron chi connectivity index (χ4n) is 7.57. The number of imidazole rings is 1. The Bertz CT molecular complexity index is 1750. The van der Waals surface area contributed by atoms with E-state index in [-0.39, 0.29) is 18.0 Å². The van der Waals surface area contributed by atoms with Gasteiger partial charge < -0.3 is 19.5 Å². The fourth-order valence-corrected chi connectivity index (χ4v) is 7.57. The summed E-state index contributed by atoms with van der Waals surface area (Å²) in [4.78, 5) is 32.1. The summed E-state index contributed by atoms with van der Waals surface area (Å²) in [5, 5.41) is 3.20. The monoisotopic (exact) mass is 581 g/mol. The van der Waals surface area contributed by atoms with Crippen LogP contribution >= 0.6 is 0 Å². The van der Waals surface area contributed by atoms with E-state index in [2.05, 4.69) is 51.1 Å². The second kappa shape index (κ2) is 9.56. The Kier molecular flexibility index (Phi) is 5.94. The minimum Gasteiger partial charge on any atom is -0.378 e. The van der Waals surface area contributed by atoms with Crippen molar-refractivity contribution in [3.63, 3.8) is 0 Å². The van der Waals surface area contributed by atoms with Crippen LogP contribution in [0.25, 0.3) is 22.3 Å². The Hall–Kier alpha value is -3.89. The van der Waals surface area contributed by atoms with Crippen LogP contribution in [0.4, 0.5) is 21.6 Å². The molecule has 1 N–H and O–H groups in total. The van der Waals surface area contributed by atoms with Gasteiger partial charge in [-0.2, -0.15) is 0 Å². The lowest BCUT2D eigenvalue weighted by atomic mass is 9.77. The largest absolute Gasteiger partial charge is 0.378 e. The van der Waals surface area contributed by atoms with Crippen LogP contribution in [0.2, 0.25) is 0 Å². The maximum Gasteiger partial charge on any atom is 0.237 e. The van der Waals surface area contributed by atoms with Crippen molar-refractivity contribution in [3.8, 4) is 11.3 Å². The first-order chi connectivity index (χ1) is 20.7. The third-order valence-corrected chi connectivity index (χ3v) is 10.00. The van der Waals surface area contributed by atoms with Crippen molar-refractivity contribution in [2.75, 3.05) is 23.4 Å². The van der Waals surface area contributed by atoms with E-state index in [9.17, 15) is 9.18 Å². The molecule has 1 aliphatic carbocycles. The third kappa shape index (κ3) is 4.03. The van der Waals surface area contributed by atoms with E-state index in [1.807, 2.05) is 30.5 Å². The molecule has 2 unspecified atom stereocenters. The summed E-state index contributed by atoms with van der Waals surface area (Å²) in [5.74, 6) is 0.217. The van der Waals surface area contributed by atoms with E-state index in [1.54, 1.807) is 18.6 Å². The van der Waals surface area contributed by atoms with Crippen molar-refractivity contribution < 1.29 is 13.9 Å². The molecule has 8 rings (SSSR count). The summed E-state index contributed by atoms with van der Waals surface area (Å²) in [5.41, 5.74) is 4.86. The SMILES string of the molecule is CC(C)n1cnc2cc(-c3ccc4c(c3)N([C@H]3C[C@@H](N5C6COCC5C6)C3)C(=O)C4(C)C)nc(Nc3ccncc3F)c21. The number of halogens is 1. The zero-order valence-electron chi connectivity index (χ0n) is 24.9. The summed E-state index contributed by atoms with van der Waals surface area (Å²) >= 11 is 0. The van der Waals surface area contributed by atoms with Crippen LogP contribution in [0.1, 0.15) is 58.6 Å². The number of nitrogens with zero attached hydrogens (tertiary/aromatic N) is 6. The van der Waals surface area contributed by atoms with Crippen molar-refractivity contribution in [2.45, 2.75) is 82.6 Å². The number of amides is 1. The molecule has 0 radical (unpaired) electrons. The number of hydrogen-bond acceptors (Lipinski definition) is 7. The van der Waals surface area contributed by atoms with Gasteiger partial charge >= 0.3 is 0 Å². The zero-order valence-corrected chi connectivity index (χ0v) is 24.9. The molecule has 43 heavy (non-hydrogen) atoms. The number of hydrogen-bond donors (Lipinski definition) is 1. The number of morpholine rings is 1. The lowest BCUT2D eigenvalue weighted by molar-refractivity contribution is -0.161. The average Bonchev–Trinajstić information content (AvgIpc) is 3.49. The predicted molar refractivity (Wildman–Crippen MR) is 163 cm³/mol. The van der Waals surface area contributed by atoms with Crippen molar-refractivity contribution in [1.82, 2.24) is 24.4 Å². The normalized spacial score (nSPS) is 26.0. The van der Waals surface area contributed by atoms with Crippen molar-refractivity contribution in [2.24, 2.45) is 0 Å². The summed E-state index contributed by atoms with van der Waals surface area (Å²) in [6.45, 7) is 9.86. The first-order valence-corrected chi connectivity index (χ1v) is 15.3. The Morgan fingerprint density at radius 1 is 1.05 bits per heavy atom. The molecule has 2 bridgehead atoms. The minimum atomic E-state index is -0.598. The van der Waals surface area contributed by atoms with E-state index in [0.29, 0.717) is 35.3 Å². The molecule has 9 nitrogen and oxygen atoms in total. The Labute approximate surface area is 250 Å². The molecule has 3 fully saturated rings. The highest BCUT2D eigenvalue weighted by atomic mass is 19.1. The second-order valence-electron chi connectivity index (χ2n) is 13.3. The van der Waals surface area contributed by atoms with Gasteiger partial charge in [-0.15, -0.1) is 0 Å². The molecule has 10 heteroatoms. The topological polar surface area (TPSA) is 88.4 Å². The van der Waals surface area contributed by atoms with Crippen LogP contribution in [0.3, 0.4) is 0 Å². The van der Waals surface area contributed by atoms with Gasteiger partial charge in [-0.1, -0.05) is 12.1 Å². The molecule has 1 aromatic carbocycles. The van der Waals surface area contributed by atoms with Gasteiger partial charge in [-0.25, -0.2) is 14.4 Å². The van der Waals surface area contributed by atoms with Gasteiger partial charge in [0.1, 0.15) is 5.52 Å². The molecule has 3 aromatic heterocycles. The van der Waals surface area contributed by atoms with Crippen LogP contribution in [0.15, 0.2) is 49.1 Å². The van der Waals surface area contributed by atoms with E-state index in [0.717, 1.165) is 53.9 Å². The molecule has 4 aliphatic rings. The maximum absolute atomic E-state index is 14.6. The molecule has 2 saturated heterocycles. The molecule has 6 heterocycles.